The van der Waals surface area contributed by atoms with Crippen molar-refractivity contribution in [2.45, 2.75) is 20.3 Å². The predicted molar refractivity (Wildman–Crippen MR) is 77.9 cm³/mol. The molecule has 19 heavy (non-hydrogen) atoms. The summed E-state index contributed by atoms with van der Waals surface area (Å²) in [6.45, 7) is 4.12. The van der Waals surface area contributed by atoms with Gasteiger partial charge in [-0.25, -0.2) is 4.79 Å². The summed E-state index contributed by atoms with van der Waals surface area (Å²) in [4.78, 5) is 17.3. The van der Waals surface area contributed by atoms with Gasteiger partial charge in [0.25, 0.3) is 0 Å². The smallest absolute Gasteiger partial charge is 0.339 e. The third-order valence-corrected chi connectivity index (χ3v) is 3.88. The van der Waals surface area contributed by atoms with Crippen molar-refractivity contribution < 1.29 is 9.53 Å². The fraction of sp³-hybridized carbons (Fsp3) is 0.286. The largest absolute Gasteiger partial charge is 0.462 e. The van der Waals surface area contributed by atoms with Crippen LogP contribution in [0.15, 0.2) is 24.3 Å². The maximum absolute atomic E-state index is 11.8. The summed E-state index contributed by atoms with van der Waals surface area (Å²) < 4.78 is 5.75. The van der Waals surface area contributed by atoms with Crippen LogP contribution in [0.25, 0.3) is 10.6 Å². The maximum Gasteiger partial charge on any atom is 0.339 e. The second-order valence-electron chi connectivity index (χ2n) is 3.87. The van der Waals surface area contributed by atoms with E-state index in [4.69, 9.17) is 16.3 Å². The Kier molecular flexibility index (Phi) is 4.56. The van der Waals surface area contributed by atoms with Crippen molar-refractivity contribution in [1.82, 2.24) is 4.98 Å². The Morgan fingerprint density at radius 2 is 2.11 bits per heavy atom. The van der Waals surface area contributed by atoms with E-state index in [1.807, 2.05) is 25.1 Å². The third kappa shape index (κ3) is 3.14. The number of halogens is 1. The first-order valence-electron chi connectivity index (χ1n) is 6.08. The molecule has 0 saturated carbocycles. The van der Waals surface area contributed by atoms with Gasteiger partial charge >= 0.3 is 5.97 Å². The van der Waals surface area contributed by atoms with Gasteiger partial charge in [-0.2, -0.15) is 0 Å². The van der Waals surface area contributed by atoms with E-state index in [0.717, 1.165) is 20.6 Å². The molecule has 0 N–H and O–H groups in total. The van der Waals surface area contributed by atoms with Gasteiger partial charge in [-0.05, 0) is 37.6 Å². The topological polar surface area (TPSA) is 39.2 Å². The molecule has 0 aliphatic heterocycles. The van der Waals surface area contributed by atoms with E-state index >= 15 is 0 Å². The summed E-state index contributed by atoms with van der Waals surface area (Å²) in [5.41, 5.74) is 2.12. The number of carbonyl (C=O) groups excluding carboxylic acids is 1. The first-order valence-corrected chi connectivity index (χ1v) is 7.27. The van der Waals surface area contributed by atoms with Crippen LogP contribution in [-0.4, -0.2) is 17.6 Å². The highest BCUT2D eigenvalue weighted by Crippen LogP contribution is 2.30. The highest BCUT2D eigenvalue weighted by Gasteiger charge is 2.14. The number of pyridine rings is 1. The summed E-state index contributed by atoms with van der Waals surface area (Å²) in [5, 5.41) is 0. The second-order valence-corrected chi connectivity index (χ2v) is 5.58. The lowest BCUT2D eigenvalue weighted by Crippen LogP contribution is -2.09. The molecule has 100 valence electrons. The van der Waals surface area contributed by atoms with Crippen LogP contribution in [0.2, 0.25) is 4.34 Å². The normalized spacial score (nSPS) is 10.5. The van der Waals surface area contributed by atoms with E-state index in [0.29, 0.717) is 18.6 Å². The number of thiophene rings is 1. The molecule has 0 aromatic carbocycles. The highest BCUT2D eigenvalue weighted by atomic mass is 35.5. The Labute approximate surface area is 121 Å². The average molecular weight is 296 g/mol. The summed E-state index contributed by atoms with van der Waals surface area (Å²) in [7, 11) is 0. The van der Waals surface area contributed by atoms with E-state index in [2.05, 4.69) is 4.98 Å². The van der Waals surface area contributed by atoms with Crippen molar-refractivity contribution >= 4 is 28.9 Å². The predicted octanol–water partition coefficient (Wildman–Crippen LogP) is 4.20. The van der Waals surface area contributed by atoms with Gasteiger partial charge in [-0.15, -0.1) is 11.3 Å². The summed E-state index contributed by atoms with van der Waals surface area (Å²) >= 11 is 7.39. The quantitative estimate of drug-likeness (QED) is 0.794. The molecular formula is C14H14ClNO2S. The number of ether oxygens (including phenoxy) is 1. The number of carbonyl (C=O) groups is 1. The molecule has 2 heterocycles. The van der Waals surface area contributed by atoms with Crippen molar-refractivity contribution in [2.75, 3.05) is 6.61 Å². The molecule has 0 bridgehead atoms. The molecule has 0 saturated heterocycles. The molecule has 5 heteroatoms. The van der Waals surface area contributed by atoms with Gasteiger partial charge < -0.3 is 4.74 Å². The molecule has 0 amide bonds. The van der Waals surface area contributed by atoms with E-state index in [9.17, 15) is 4.79 Å². The standard InChI is InChI=1S/C14H14ClNO2S/c1-3-10-9(14(17)18-4-2)5-6-11(16-10)12-7-8-13(15)19-12/h5-8H,3-4H2,1-2H3. The number of aromatic nitrogens is 1. The van der Waals surface area contributed by atoms with Crippen molar-refractivity contribution in [1.29, 1.82) is 0 Å². The summed E-state index contributed by atoms with van der Waals surface area (Å²) in [6.07, 6.45) is 0.682. The van der Waals surface area contributed by atoms with Crippen molar-refractivity contribution in [3.05, 3.63) is 39.9 Å². The fourth-order valence-electron chi connectivity index (χ4n) is 1.75. The van der Waals surface area contributed by atoms with Gasteiger partial charge in [0.15, 0.2) is 0 Å². The van der Waals surface area contributed by atoms with Gasteiger partial charge in [0.2, 0.25) is 0 Å². The van der Waals surface area contributed by atoms with Crippen LogP contribution in [0.3, 0.4) is 0 Å². The molecule has 0 fully saturated rings. The molecule has 3 nitrogen and oxygen atoms in total. The minimum absolute atomic E-state index is 0.317. The summed E-state index contributed by atoms with van der Waals surface area (Å²) in [6, 6.07) is 7.37. The molecule has 2 aromatic heterocycles. The first-order chi connectivity index (χ1) is 9.15. The van der Waals surface area contributed by atoms with E-state index < -0.39 is 0 Å². The lowest BCUT2D eigenvalue weighted by molar-refractivity contribution is 0.0524. The molecule has 2 rings (SSSR count). The van der Waals surface area contributed by atoms with Crippen molar-refractivity contribution in [2.24, 2.45) is 0 Å². The van der Waals surface area contributed by atoms with Gasteiger partial charge in [0.1, 0.15) is 0 Å². The molecular weight excluding hydrogens is 282 g/mol. The average Bonchev–Trinajstić information content (AvgIpc) is 2.85. The molecule has 2 aromatic rings. The zero-order chi connectivity index (χ0) is 13.8. The van der Waals surface area contributed by atoms with E-state index in [-0.39, 0.29) is 5.97 Å². The van der Waals surface area contributed by atoms with Gasteiger partial charge in [-0.3, -0.25) is 4.98 Å². The molecule has 0 atom stereocenters. The molecule has 0 aliphatic carbocycles. The molecule has 0 spiro atoms. The number of rotatable bonds is 4. The van der Waals surface area contributed by atoms with Gasteiger partial charge in [-0.1, -0.05) is 18.5 Å². The Balaban J connectivity index is 2.38. The SMILES string of the molecule is CCOC(=O)c1ccc(-c2ccc(Cl)s2)nc1CC. The van der Waals surface area contributed by atoms with E-state index in [1.165, 1.54) is 11.3 Å². The lowest BCUT2D eigenvalue weighted by atomic mass is 10.1. The Morgan fingerprint density at radius 1 is 1.32 bits per heavy atom. The number of nitrogens with zero attached hydrogens (tertiary/aromatic N) is 1. The zero-order valence-electron chi connectivity index (χ0n) is 10.8. The van der Waals surface area contributed by atoms with Gasteiger partial charge in [0.05, 0.1) is 32.8 Å². The Bertz CT molecular complexity index is 595. The van der Waals surface area contributed by atoms with Crippen LogP contribution in [0.1, 0.15) is 29.9 Å². The monoisotopic (exact) mass is 295 g/mol. The summed E-state index contributed by atoms with van der Waals surface area (Å²) in [5.74, 6) is -0.317. The highest BCUT2D eigenvalue weighted by molar-refractivity contribution is 7.19. The number of hydrogen-bond donors (Lipinski definition) is 0. The molecule has 0 radical (unpaired) electrons. The van der Waals surface area contributed by atoms with Crippen LogP contribution >= 0.6 is 22.9 Å². The van der Waals surface area contributed by atoms with Crippen molar-refractivity contribution in [3.8, 4) is 10.6 Å². The fourth-order valence-corrected chi connectivity index (χ4v) is 2.77. The van der Waals surface area contributed by atoms with Crippen LogP contribution in [0, 0.1) is 0 Å². The Hall–Kier alpha value is -1.39. The Morgan fingerprint density at radius 3 is 2.68 bits per heavy atom. The number of esters is 1. The number of aryl methyl sites for hydroxylation is 1. The van der Waals surface area contributed by atoms with Crippen molar-refractivity contribution in [3.63, 3.8) is 0 Å². The van der Waals surface area contributed by atoms with Crippen LogP contribution in [0.4, 0.5) is 0 Å². The van der Waals surface area contributed by atoms with Crippen LogP contribution in [-0.2, 0) is 11.2 Å². The molecule has 0 aliphatic rings. The second kappa shape index (κ2) is 6.17. The van der Waals surface area contributed by atoms with Gasteiger partial charge in [0, 0.05) is 0 Å². The third-order valence-electron chi connectivity index (χ3n) is 2.63. The maximum atomic E-state index is 11.8. The van der Waals surface area contributed by atoms with Crippen LogP contribution < -0.4 is 0 Å². The first kappa shape index (κ1) is 14.0. The lowest BCUT2D eigenvalue weighted by Gasteiger charge is -2.08. The number of hydrogen-bond acceptors (Lipinski definition) is 4. The minimum Gasteiger partial charge on any atom is -0.462 e. The molecule has 0 unspecified atom stereocenters. The van der Waals surface area contributed by atoms with Crippen LogP contribution in [0.5, 0.6) is 0 Å². The minimum atomic E-state index is -0.317. The zero-order valence-corrected chi connectivity index (χ0v) is 12.3. The van der Waals surface area contributed by atoms with E-state index in [1.54, 1.807) is 13.0 Å².